The molecule has 0 radical (unpaired) electrons. The van der Waals surface area contributed by atoms with Crippen LogP contribution in [-0.2, 0) is 23.9 Å². The van der Waals surface area contributed by atoms with Crippen molar-refractivity contribution >= 4 is 17.7 Å². The van der Waals surface area contributed by atoms with Gasteiger partial charge in [-0.05, 0) is 24.3 Å². The number of methoxy groups -OCH3 is 2. The summed E-state index contributed by atoms with van der Waals surface area (Å²) in [7, 11) is 2.42. The van der Waals surface area contributed by atoms with Gasteiger partial charge in [0.15, 0.2) is 5.78 Å². The standard InChI is InChI=1S/C22H23N3O5/c1-4-13-25-18(14-9-5-7-11-23-14)16(21(27)29-2)20(26)17(22(28)30-3)19(25)15-10-6-8-12-24-15/h4-12,16-19H,1,13H2,2-3H3/t16?,17?,18-,19+. The van der Waals surface area contributed by atoms with Crippen LogP contribution in [0.15, 0.2) is 61.4 Å². The number of hydrogen-bond acceptors (Lipinski definition) is 8. The molecule has 8 heteroatoms. The van der Waals surface area contributed by atoms with Crippen LogP contribution in [0.25, 0.3) is 0 Å². The molecule has 0 spiro atoms. The maximum atomic E-state index is 13.5. The summed E-state index contributed by atoms with van der Waals surface area (Å²) in [5.41, 5.74) is 1.01. The predicted molar refractivity (Wildman–Crippen MR) is 107 cm³/mol. The highest BCUT2D eigenvalue weighted by atomic mass is 16.5. The summed E-state index contributed by atoms with van der Waals surface area (Å²) in [5, 5.41) is 0. The number of ether oxygens (including phenoxy) is 2. The molecule has 1 fully saturated rings. The third kappa shape index (κ3) is 3.86. The molecular formula is C22H23N3O5. The van der Waals surface area contributed by atoms with Crippen molar-refractivity contribution in [3.63, 3.8) is 0 Å². The van der Waals surface area contributed by atoms with Gasteiger partial charge in [-0.2, -0.15) is 0 Å². The van der Waals surface area contributed by atoms with Crippen LogP contribution in [0.1, 0.15) is 23.5 Å². The maximum Gasteiger partial charge on any atom is 0.318 e. The van der Waals surface area contributed by atoms with E-state index in [1.165, 1.54) is 14.2 Å². The number of carbonyl (C=O) groups is 3. The number of pyridine rings is 2. The summed E-state index contributed by atoms with van der Waals surface area (Å²) in [6, 6.07) is 8.97. The fraction of sp³-hybridized carbons (Fsp3) is 0.318. The molecule has 1 aliphatic heterocycles. The number of rotatable bonds is 6. The summed E-state index contributed by atoms with van der Waals surface area (Å²) in [6.07, 6.45) is 4.81. The Balaban J connectivity index is 2.25. The van der Waals surface area contributed by atoms with Crippen molar-refractivity contribution in [1.82, 2.24) is 14.9 Å². The number of likely N-dealkylation sites (tertiary alicyclic amines) is 1. The Labute approximate surface area is 174 Å². The Kier molecular flexibility index (Phi) is 6.68. The van der Waals surface area contributed by atoms with Crippen molar-refractivity contribution in [3.8, 4) is 0 Å². The minimum absolute atomic E-state index is 0.275. The second kappa shape index (κ2) is 9.41. The Morgan fingerprint density at radius 2 is 1.43 bits per heavy atom. The van der Waals surface area contributed by atoms with E-state index in [-0.39, 0.29) is 6.54 Å². The molecule has 3 heterocycles. The molecular weight excluding hydrogens is 386 g/mol. The SMILES string of the molecule is C=CCN1[C@H](c2ccccn2)C(C(=O)OC)C(=O)C(C(=O)OC)[C@@H]1c1ccccn1. The molecule has 4 atom stereocenters. The molecule has 8 nitrogen and oxygen atoms in total. The summed E-state index contributed by atoms with van der Waals surface area (Å²) < 4.78 is 9.87. The van der Waals surface area contributed by atoms with Crippen LogP contribution in [0.4, 0.5) is 0 Å². The molecule has 0 amide bonds. The smallest absolute Gasteiger partial charge is 0.318 e. The van der Waals surface area contributed by atoms with E-state index in [1.807, 2.05) is 4.90 Å². The van der Waals surface area contributed by atoms with Crippen LogP contribution in [0.2, 0.25) is 0 Å². The molecule has 3 rings (SSSR count). The molecule has 30 heavy (non-hydrogen) atoms. The van der Waals surface area contributed by atoms with Crippen molar-refractivity contribution < 1.29 is 23.9 Å². The first kappa shape index (κ1) is 21.3. The van der Waals surface area contributed by atoms with E-state index in [4.69, 9.17) is 9.47 Å². The average molecular weight is 409 g/mol. The number of Topliss-reactive ketones (excluding diaryl/α,β-unsaturated/α-hetero) is 1. The Bertz CT molecular complexity index is 849. The quantitative estimate of drug-likeness (QED) is 0.405. The number of piperidine rings is 1. The van der Waals surface area contributed by atoms with Crippen LogP contribution < -0.4 is 0 Å². The van der Waals surface area contributed by atoms with E-state index in [9.17, 15) is 14.4 Å². The highest BCUT2D eigenvalue weighted by Crippen LogP contribution is 2.46. The lowest BCUT2D eigenvalue weighted by Crippen LogP contribution is -2.56. The van der Waals surface area contributed by atoms with Gasteiger partial charge in [-0.1, -0.05) is 18.2 Å². The zero-order valence-corrected chi connectivity index (χ0v) is 16.8. The normalized spacial score (nSPS) is 24.1. The zero-order chi connectivity index (χ0) is 21.7. The number of aromatic nitrogens is 2. The number of hydrogen-bond donors (Lipinski definition) is 0. The highest BCUT2D eigenvalue weighted by molar-refractivity contribution is 6.10. The monoisotopic (exact) mass is 409 g/mol. The number of ketones is 1. The van der Waals surface area contributed by atoms with Crippen LogP contribution in [0.3, 0.4) is 0 Å². The number of nitrogens with zero attached hydrogens (tertiary/aromatic N) is 3. The summed E-state index contributed by atoms with van der Waals surface area (Å²) >= 11 is 0. The Morgan fingerprint density at radius 3 is 1.77 bits per heavy atom. The second-order valence-electron chi connectivity index (χ2n) is 6.79. The van der Waals surface area contributed by atoms with Gasteiger partial charge in [0.1, 0.15) is 11.8 Å². The molecule has 1 saturated heterocycles. The molecule has 0 aromatic carbocycles. The van der Waals surface area contributed by atoms with E-state index in [0.29, 0.717) is 11.4 Å². The molecule has 0 aliphatic carbocycles. The number of carbonyl (C=O) groups excluding carboxylic acids is 3. The average Bonchev–Trinajstić information content (AvgIpc) is 2.79. The van der Waals surface area contributed by atoms with E-state index >= 15 is 0 Å². The molecule has 2 unspecified atom stereocenters. The fourth-order valence-corrected chi connectivity index (χ4v) is 3.96. The molecule has 0 bridgehead atoms. The topological polar surface area (TPSA) is 98.7 Å². The zero-order valence-electron chi connectivity index (χ0n) is 16.8. The first-order chi connectivity index (χ1) is 14.5. The summed E-state index contributed by atoms with van der Waals surface area (Å²) in [4.78, 5) is 49.6. The fourth-order valence-electron chi connectivity index (χ4n) is 3.96. The van der Waals surface area contributed by atoms with Gasteiger partial charge >= 0.3 is 11.9 Å². The second-order valence-corrected chi connectivity index (χ2v) is 6.79. The summed E-state index contributed by atoms with van der Waals surface area (Å²) in [5.74, 6) is -4.57. The lowest BCUT2D eigenvalue weighted by Gasteiger charge is -2.46. The lowest BCUT2D eigenvalue weighted by molar-refractivity contribution is -0.168. The molecule has 0 saturated carbocycles. The lowest BCUT2D eigenvalue weighted by atomic mass is 9.74. The predicted octanol–water partition coefficient (Wildman–Crippen LogP) is 1.91. The van der Waals surface area contributed by atoms with Gasteiger partial charge in [0, 0.05) is 18.9 Å². The third-order valence-electron chi connectivity index (χ3n) is 5.19. The van der Waals surface area contributed by atoms with Crippen LogP contribution >= 0.6 is 0 Å². The first-order valence-electron chi connectivity index (χ1n) is 9.43. The minimum atomic E-state index is -1.26. The highest BCUT2D eigenvalue weighted by Gasteiger charge is 2.56. The molecule has 1 aliphatic rings. The van der Waals surface area contributed by atoms with Crippen LogP contribution in [-0.4, -0.2) is 53.4 Å². The first-order valence-corrected chi connectivity index (χ1v) is 9.43. The van der Waals surface area contributed by atoms with E-state index in [2.05, 4.69) is 16.5 Å². The van der Waals surface area contributed by atoms with E-state index in [0.717, 1.165) is 0 Å². The van der Waals surface area contributed by atoms with Gasteiger partial charge in [-0.15, -0.1) is 6.58 Å². The van der Waals surface area contributed by atoms with E-state index in [1.54, 1.807) is 54.9 Å². The van der Waals surface area contributed by atoms with Crippen molar-refractivity contribution in [1.29, 1.82) is 0 Å². The Hall–Kier alpha value is -3.39. The van der Waals surface area contributed by atoms with Crippen molar-refractivity contribution in [2.75, 3.05) is 20.8 Å². The van der Waals surface area contributed by atoms with Crippen LogP contribution in [0.5, 0.6) is 0 Å². The van der Waals surface area contributed by atoms with Gasteiger partial charge in [-0.25, -0.2) is 0 Å². The molecule has 156 valence electrons. The van der Waals surface area contributed by atoms with Crippen molar-refractivity contribution in [2.24, 2.45) is 11.8 Å². The van der Waals surface area contributed by atoms with Crippen molar-refractivity contribution in [2.45, 2.75) is 12.1 Å². The van der Waals surface area contributed by atoms with Gasteiger partial charge < -0.3 is 9.47 Å². The minimum Gasteiger partial charge on any atom is -0.468 e. The van der Waals surface area contributed by atoms with Gasteiger partial charge in [0.05, 0.1) is 37.7 Å². The summed E-state index contributed by atoms with van der Waals surface area (Å²) in [6.45, 7) is 4.08. The molecule has 2 aromatic heterocycles. The van der Waals surface area contributed by atoms with Crippen LogP contribution in [0, 0.1) is 11.8 Å². The van der Waals surface area contributed by atoms with Gasteiger partial charge in [0.2, 0.25) is 0 Å². The molecule has 0 N–H and O–H groups in total. The van der Waals surface area contributed by atoms with Crippen molar-refractivity contribution in [3.05, 3.63) is 72.8 Å². The third-order valence-corrected chi connectivity index (χ3v) is 5.19. The largest absolute Gasteiger partial charge is 0.468 e. The van der Waals surface area contributed by atoms with E-state index < -0.39 is 41.6 Å². The van der Waals surface area contributed by atoms with Gasteiger partial charge in [0.25, 0.3) is 0 Å². The molecule has 2 aromatic rings. The maximum absolute atomic E-state index is 13.5. The Morgan fingerprint density at radius 1 is 0.967 bits per heavy atom. The number of esters is 2. The van der Waals surface area contributed by atoms with Gasteiger partial charge in [-0.3, -0.25) is 29.3 Å².